The van der Waals surface area contributed by atoms with Crippen LogP contribution in [0, 0.1) is 0 Å². The molecule has 2 aromatic carbocycles. The van der Waals surface area contributed by atoms with Crippen LogP contribution in [-0.2, 0) is 6.42 Å². The molecule has 0 aliphatic rings. The van der Waals surface area contributed by atoms with Crippen LogP contribution in [0.25, 0.3) is 55.2 Å². The third kappa shape index (κ3) is 2.91. The summed E-state index contributed by atoms with van der Waals surface area (Å²) in [4.78, 5) is 41.2. The highest BCUT2D eigenvalue weighted by molar-refractivity contribution is 6.20. The molecule has 0 amide bonds. The summed E-state index contributed by atoms with van der Waals surface area (Å²) in [7, 11) is 0. The highest BCUT2D eigenvalue weighted by Gasteiger charge is 2.21. The first-order chi connectivity index (χ1) is 15.9. The van der Waals surface area contributed by atoms with Crippen LogP contribution in [0.5, 0.6) is 0 Å². The Kier molecular flexibility index (Phi) is 4.07. The quantitative estimate of drug-likeness (QED) is 0.296. The predicted octanol–water partition coefficient (Wildman–Crippen LogP) is 4.96. The summed E-state index contributed by atoms with van der Waals surface area (Å²) in [5.74, 6) is 1.90. The molecule has 0 bridgehead atoms. The van der Waals surface area contributed by atoms with E-state index in [9.17, 15) is 9.59 Å². The van der Waals surface area contributed by atoms with Crippen LogP contribution in [0.3, 0.4) is 0 Å². The molecule has 0 atom stereocenters. The van der Waals surface area contributed by atoms with Crippen molar-refractivity contribution in [1.82, 2.24) is 19.9 Å². The molecule has 0 radical (unpaired) electrons. The number of imidazole rings is 2. The van der Waals surface area contributed by atoms with Crippen molar-refractivity contribution in [3.05, 3.63) is 69.1 Å². The number of nitrogens with zero attached hydrogens (tertiary/aromatic N) is 2. The van der Waals surface area contributed by atoms with Crippen LogP contribution < -0.4 is 11.3 Å². The van der Waals surface area contributed by atoms with Gasteiger partial charge in [-0.3, -0.25) is 0 Å². The van der Waals surface area contributed by atoms with Crippen molar-refractivity contribution >= 4 is 32.7 Å². The fourth-order valence-corrected chi connectivity index (χ4v) is 4.32. The van der Waals surface area contributed by atoms with Gasteiger partial charge in [0, 0.05) is 28.9 Å². The molecule has 8 nitrogen and oxygen atoms in total. The normalized spacial score (nSPS) is 12.1. The summed E-state index contributed by atoms with van der Waals surface area (Å²) in [5.41, 5.74) is 2.56. The highest BCUT2D eigenvalue weighted by Crippen LogP contribution is 2.36. The van der Waals surface area contributed by atoms with E-state index >= 15 is 0 Å². The van der Waals surface area contributed by atoms with Gasteiger partial charge >= 0.3 is 11.3 Å². The number of hydrogen-bond acceptors (Lipinski definition) is 6. The minimum atomic E-state index is -0.513. The number of nitrogens with one attached hydrogen (secondary N) is 2. The van der Waals surface area contributed by atoms with Crippen molar-refractivity contribution in [1.29, 1.82) is 0 Å². The number of H-pyrrole nitrogens is 2. The molecule has 6 aromatic rings. The maximum Gasteiger partial charge on any atom is 0.344 e. The Bertz CT molecular complexity index is 1700. The summed E-state index contributed by atoms with van der Waals surface area (Å²) in [5, 5.41) is 1.82. The van der Waals surface area contributed by atoms with Gasteiger partial charge in [0.15, 0.2) is 0 Å². The van der Waals surface area contributed by atoms with E-state index in [0.717, 1.165) is 35.0 Å². The van der Waals surface area contributed by atoms with Gasteiger partial charge in [-0.1, -0.05) is 20.8 Å². The minimum Gasteiger partial charge on any atom is -0.422 e. The van der Waals surface area contributed by atoms with Crippen LogP contribution in [0.2, 0.25) is 0 Å². The van der Waals surface area contributed by atoms with E-state index in [2.05, 4.69) is 19.9 Å². The lowest BCUT2D eigenvalue weighted by Gasteiger charge is -2.10. The van der Waals surface area contributed by atoms with Gasteiger partial charge in [-0.15, -0.1) is 0 Å². The Morgan fingerprint density at radius 2 is 1.39 bits per heavy atom. The maximum absolute atomic E-state index is 13.0. The van der Waals surface area contributed by atoms with Crippen molar-refractivity contribution in [3.8, 4) is 22.5 Å². The Morgan fingerprint density at radius 1 is 0.818 bits per heavy atom. The SMILES string of the molecule is CCc1ncc(-c2cc3c(=O)oc4cc(-c5cnc(C(C)C)[nH]5)cc5oc(=O)c(c2)c3c45)[nH]1. The van der Waals surface area contributed by atoms with Crippen molar-refractivity contribution < 1.29 is 8.83 Å². The molecule has 33 heavy (non-hydrogen) atoms. The number of rotatable bonds is 4. The molecule has 0 fully saturated rings. The summed E-state index contributed by atoms with van der Waals surface area (Å²) >= 11 is 0. The lowest BCUT2D eigenvalue weighted by molar-refractivity contribution is 0.557. The van der Waals surface area contributed by atoms with Crippen LogP contribution in [-0.4, -0.2) is 19.9 Å². The molecule has 4 aromatic heterocycles. The van der Waals surface area contributed by atoms with Crippen molar-refractivity contribution in [3.63, 3.8) is 0 Å². The van der Waals surface area contributed by atoms with Crippen molar-refractivity contribution in [2.24, 2.45) is 0 Å². The molecule has 0 saturated carbocycles. The van der Waals surface area contributed by atoms with Crippen LogP contribution in [0.1, 0.15) is 38.3 Å². The molecule has 0 aliphatic carbocycles. The Labute approximate surface area is 186 Å². The molecule has 0 aliphatic heterocycles. The highest BCUT2D eigenvalue weighted by atomic mass is 16.4. The number of benzene rings is 2. The zero-order valence-electron chi connectivity index (χ0n) is 18.3. The fourth-order valence-electron chi connectivity index (χ4n) is 4.32. The second-order valence-electron chi connectivity index (χ2n) is 8.51. The first-order valence-electron chi connectivity index (χ1n) is 10.8. The second kappa shape index (κ2) is 6.90. The first kappa shape index (κ1) is 19.5. The number of aromatic amines is 2. The number of hydrogen-bond donors (Lipinski definition) is 2. The monoisotopic (exact) mass is 440 g/mol. The van der Waals surface area contributed by atoms with E-state index in [1.807, 2.05) is 20.8 Å². The van der Waals surface area contributed by atoms with Crippen molar-refractivity contribution in [2.45, 2.75) is 33.1 Å². The molecule has 2 N–H and O–H groups in total. The molecule has 0 spiro atoms. The molecular formula is C25H20N4O4. The Balaban J connectivity index is 1.65. The minimum absolute atomic E-state index is 0.234. The third-order valence-electron chi connectivity index (χ3n) is 6.03. The fraction of sp³-hybridized carbons (Fsp3) is 0.200. The van der Waals surface area contributed by atoms with E-state index in [-0.39, 0.29) is 5.92 Å². The number of aryl methyl sites for hydroxylation is 1. The zero-order valence-corrected chi connectivity index (χ0v) is 18.3. The molecular weight excluding hydrogens is 420 g/mol. The average Bonchev–Trinajstić information content (AvgIpc) is 3.48. The van der Waals surface area contributed by atoms with Gasteiger partial charge in [-0.2, -0.15) is 0 Å². The standard InChI is InChI=1S/C25H20N4O4/c1-4-20-26-9-16(28-20)12-5-14-21-15(6-12)25(31)33-19-8-13(7-18(22(19)21)32-24(14)30)17-10-27-23(29-17)11(2)3/h5-11H,4H2,1-3H3,(H,26,28)(H,27,29). The molecule has 0 unspecified atom stereocenters. The smallest absolute Gasteiger partial charge is 0.344 e. The summed E-state index contributed by atoms with van der Waals surface area (Å²) in [6.07, 6.45) is 4.16. The van der Waals surface area contributed by atoms with Gasteiger partial charge in [0.1, 0.15) is 22.8 Å². The molecule has 6 rings (SSSR count). The van der Waals surface area contributed by atoms with Crippen LogP contribution in [0.4, 0.5) is 0 Å². The maximum atomic E-state index is 13.0. The Hall–Kier alpha value is -4.20. The average molecular weight is 440 g/mol. The lowest BCUT2D eigenvalue weighted by Crippen LogP contribution is -2.07. The van der Waals surface area contributed by atoms with Crippen LogP contribution in [0.15, 0.2) is 55.1 Å². The lowest BCUT2D eigenvalue weighted by atomic mass is 9.98. The Morgan fingerprint density at radius 3 is 1.94 bits per heavy atom. The van der Waals surface area contributed by atoms with E-state index in [4.69, 9.17) is 8.83 Å². The second-order valence-corrected chi connectivity index (χ2v) is 8.51. The first-order valence-corrected chi connectivity index (χ1v) is 10.8. The van der Waals surface area contributed by atoms with Gasteiger partial charge in [0.05, 0.1) is 39.9 Å². The summed E-state index contributed by atoms with van der Waals surface area (Å²) in [6.45, 7) is 6.08. The molecule has 0 saturated heterocycles. The third-order valence-corrected chi connectivity index (χ3v) is 6.03. The predicted molar refractivity (Wildman–Crippen MR) is 126 cm³/mol. The molecule has 4 heterocycles. The van der Waals surface area contributed by atoms with Gasteiger partial charge < -0.3 is 18.8 Å². The van der Waals surface area contributed by atoms with Crippen molar-refractivity contribution in [2.75, 3.05) is 0 Å². The largest absolute Gasteiger partial charge is 0.422 e. The number of aromatic nitrogens is 4. The zero-order chi connectivity index (χ0) is 22.9. The van der Waals surface area contributed by atoms with Gasteiger partial charge in [0.2, 0.25) is 0 Å². The van der Waals surface area contributed by atoms with Gasteiger partial charge in [0.25, 0.3) is 0 Å². The molecule has 8 heteroatoms. The summed E-state index contributed by atoms with van der Waals surface area (Å²) in [6, 6.07) is 7.02. The van der Waals surface area contributed by atoms with Crippen LogP contribution >= 0.6 is 0 Å². The topological polar surface area (TPSA) is 118 Å². The summed E-state index contributed by atoms with van der Waals surface area (Å²) < 4.78 is 11.4. The molecule has 164 valence electrons. The van der Waals surface area contributed by atoms with E-state index < -0.39 is 11.3 Å². The van der Waals surface area contributed by atoms with Gasteiger partial charge in [-0.25, -0.2) is 19.6 Å². The van der Waals surface area contributed by atoms with E-state index in [1.54, 1.807) is 36.7 Å². The van der Waals surface area contributed by atoms with E-state index in [0.29, 0.717) is 38.3 Å². The van der Waals surface area contributed by atoms with Gasteiger partial charge in [-0.05, 0) is 24.3 Å². The van der Waals surface area contributed by atoms with E-state index in [1.165, 1.54) is 0 Å².